The molecule has 19 heavy (non-hydrogen) atoms. The Bertz CT molecular complexity index is 501. The number of carbonyl (C=O) groups is 2. The van der Waals surface area contributed by atoms with Crippen LogP contribution in [0.3, 0.4) is 0 Å². The number of carbonyl (C=O) groups excluding carboxylic acids is 2. The van der Waals surface area contributed by atoms with Gasteiger partial charge in [-0.05, 0) is 30.2 Å². The van der Waals surface area contributed by atoms with E-state index in [0.717, 1.165) is 4.90 Å². The number of likely N-dealkylation sites (N-methyl/N-ethyl adjacent to an activating group) is 1. The van der Waals surface area contributed by atoms with Crippen LogP contribution >= 0.6 is 11.6 Å². The number of nitrogens with one attached hydrogen (secondary N) is 1. The highest BCUT2D eigenvalue weighted by Gasteiger charge is 2.31. The molecule has 1 aromatic rings. The van der Waals surface area contributed by atoms with Crippen LogP contribution in [0.4, 0.5) is 4.39 Å². The van der Waals surface area contributed by atoms with Crippen molar-refractivity contribution in [3.05, 3.63) is 34.6 Å². The quantitative estimate of drug-likeness (QED) is 0.860. The Balaban J connectivity index is 1.99. The largest absolute Gasteiger partial charge is 0.302 e. The van der Waals surface area contributed by atoms with Gasteiger partial charge in [0.15, 0.2) is 0 Å². The maximum absolute atomic E-state index is 13.2. The third-order valence-electron chi connectivity index (χ3n) is 3.12. The number of imide groups is 1. The highest BCUT2D eigenvalue weighted by molar-refractivity contribution is 6.30. The molecule has 1 aliphatic rings. The summed E-state index contributed by atoms with van der Waals surface area (Å²) >= 11 is 5.75. The van der Waals surface area contributed by atoms with Crippen molar-refractivity contribution in [3.63, 3.8) is 0 Å². The summed E-state index contributed by atoms with van der Waals surface area (Å²) in [4.78, 5) is 24.3. The fourth-order valence-electron chi connectivity index (χ4n) is 2.06. The van der Waals surface area contributed by atoms with E-state index in [1.165, 1.54) is 19.2 Å². The summed E-state index contributed by atoms with van der Waals surface area (Å²) in [5.41, 5.74) is 0.664. The van der Waals surface area contributed by atoms with E-state index in [9.17, 15) is 14.0 Å². The lowest BCUT2D eigenvalue weighted by Gasteiger charge is -2.28. The Morgan fingerprint density at radius 2 is 2.16 bits per heavy atom. The van der Waals surface area contributed by atoms with Gasteiger partial charge in [0.25, 0.3) is 0 Å². The molecule has 1 heterocycles. The molecule has 0 saturated carbocycles. The first-order chi connectivity index (χ1) is 8.97. The van der Waals surface area contributed by atoms with Crippen molar-refractivity contribution in [1.29, 1.82) is 0 Å². The molecule has 6 heteroatoms. The zero-order valence-electron chi connectivity index (χ0n) is 10.5. The van der Waals surface area contributed by atoms with E-state index in [-0.39, 0.29) is 11.8 Å². The fraction of sp³-hybridized carbons (Fsp3) is 0.385. The first-order valence-corrected chi connectivity index (χ1v) is 6.34. The lowest BCUT2D eigenvalue weighted by molar-refractivity contribution is -0.148. The molecule has 1 aliphatic heterocycles. The van der Waals surface area contributed by atoms with Crippen molar-refractivity contribution in [2.75, 3.05) is 7.05 Å². The van der Waals surface area contributed by atoms with Crippen LogP contribution < -0.4 is 5.32 Å². The predicted molar refractivity (Wildman–Crippen MR) is 69.0 cm³/mol. The normalized spacial score (nSPS) is 19.9. The summed E-state index contributed by atoms with van der Waals surface area (Å²) in [7, 11) is 1.47. The second-order valence-electron chi connectivity index (χ2n) is 4.54. The monoisotopic (exact) mass is 284 g/mol. The molecule has 0 aliphatic carbocycles. The van der Waals surface area contributed by atoms with Gasteiger partial charge < -0.3 is 5.32 Å². The van der Waals surface area contributed by atoms with E-state index in [4.69, 9.17) is 11.6 Å². The minimum atomic E-state index is -0.412. The smallest absolute Gasteiger partial charge is 0.246 e. The van der Waals surface area contributed by atoms with E-state index < -0.39 is 11.9 Å². The van der Waals surface area contributed by atoms with E-state index in [1.54, 1.807) is 6.07 Å². The maximum atomic E-state index is 13.2. The van der Waals surface area contributed by atoms with Crippen LogP contribution in [0.2, 0.25) is 5.02 Å². The van der Waals surface area contributed by atoms with Crippen LogP contribution in [0.5, 0.6) is 0 Å². The number of piperidine rings is 1. The molecule has 102 valence electrons. The summed E-state index contributed by atoms with van der Waals surface area (Å²) in [5.74, 6) is -0.831. The summed E-state index contributed by atoms with van der Waals surface area (Å²) in [6.07, 6.45) is 0.800. The van der Waals surface area contributed by atoms with Crippen molar-refractivity contribution >= 4 is 23.4 Å². The summed E-state index contributed by atoms with van der Waals surface area (Å²) in [6, 6.07) is 3.81. The Morgan fingerprint density at radius 3 is 2.84 bits per heavy atom. The molecule has 1 saturated heterocycles. The van der Waals surface area contributed by atoms with Gasteiger partial charge in [0.1, 0.15) is 5.82 Å². The molecule has 1 fully saturated rings. The standard InChI is InChI=1S/C13H14ClFN2O2/c1-17-12(18)3-2-11(13(17)19)16-7-8-4-9(14)6-10(15)5-8/h4-6,11,16H,2-3,7H2,1H3. The lowest BCUT2D eigenvalue weighted by Crippen LogP contribution is -2.51. The van der Waals surface area contributed by atoms with E-state index >= 15 is 0 Å². The highest BCUT2D eigenvalue weighted by Crippen LogP contribution is 2.16. The number of hydrogen-bond donors (Lipinski definition) is 1. The van der Waals surface area contributed by atoms with Gasteiger partial charge in [-0.2, -0.15) is 0 Å². The summed E-state index contributed by atoms with van der Waals surface area (Å²) in [5, 5.41) is 3.34. The number of hydrogen-bond acceptors (Lipinski definition) is 3. The third kappa shape index (κ3) is 3.30. The minimum absolute atomic E-state index is 0.170. The van der Waals surface area contributed by atoms with Crippen molar-refractivity contribution in [2.45, 2.75) is 25.4 Å². The average molecular weight is 285 g/mol. The first kappa shape index (κ1) is 14.0. The average Bonchev–Trinajstić information content (AvgIpc) is 2.34. The molecular formula is C13H14ClFN2O2. The Kier molecular flexibility index (Phi) is 4.17. The van der Waals surface area contributed by atoms with Crippen LogP contribution in [0.25, 0.3) is 0 Å². The Hall–Kier alpha value is -1.46. The van der Waals surface area contributed by atoms with Gasteiger partial charge in [0.2, 0.25) is 11.8 Å². The van der Waals surface area contributed by atoms with Crippen LogP contribution in [0.1, 0.15) is 18.4 Å². The molecule has 2 rings (SSSR count). The second-order valence-corrected chi connectivity index (χ2v) is 4.98. The predicted octanol–water partition coefficient (Wildman–Crippen LogP) is 1.72. The Labute approximate surface area is 115 Å². The molecule has 1 aromatic carbocycles. The summed E-state index contributed by atoms with van der Waals surface area (Å²) in [6.45, 7) is 0.329. The SMILES string of the molecule is CN1C(=O)CCC(NCc2cc(F)cc(Cl)c2)C1=O. The topological polar surface area (TPSA) is 49.4 Å². The molecule has 1 N–H and O–H groups in total. The van der Waals surface area contributed by atoms with Crippen LogP contribution in [0.15, 0.2) is 18.2 Å². The van der Waals surface area contributed by atoms with Crippen molar-refractivity contribution in [2.24, 2.45) is 0 Å². The van der Waals surface area contributed by atoms with E-state index in [0.29, 0.717) is 30.0 Å². The molecule has 1 atom stereocenters. The van der Waals surface area contributed by atoms with Crippen molar-refractivity contribution in [1.82, 2.24) is 10.2 Å². The molecule has 0 bridgehead atoms. The number of likely N-dealkylation sites (tertiary alicyclic amines) is 1. The molecule has 4 nitrogen and oxygen atoms in total. The van der Waals surface area contributed by atoms with Gasteiger partial charge in [-0.25, -0.2) is 4.39 Å². The van der Waals surface area contributed by atoms with Crippen molar-refractivity contribution in [3.8, 4) is 0 Å². The van der Waals surface area contributed by atoms with E-state index in [1.807, 2.05) is 0 Å². The van der Waals surface area contributed by atoms with Gasteiger partial charge in [-0.1, -0.05) is 11.6 Å². The zero-order chi connectivity index (χ0) is 14.0. The van der Waals surface area contributed by atoms with Gasteiger partial charge in [0, 0.05) is 25.0 Å². The fourth-order valence-corrected chi connectivity index (χ4v) is 2.30. The first-order valence-electron chi connectivity index (χ1n) is 5.96. The molecule has 1 unspecified atom stereocenters. The number of halogens is 2. The molecular weight excluding hydrogens is 271 g/mol. The molecule has 0 aromatic heterocycles. The highest BCUT2D eigenvalue weighted by atomic mass is 35.5. The molecule has 0 spiro atoms. The number of amides is 2. The van der Waals surface area contributed by atoms with E-state index in [2.05, 4.69) is 5.32 Å². The van der Waals surface area contributed by atoms with Crippen LogP contribution in [0, 0.1) is 5.82 Å². The number of benzene rings is 1. The zero-order valence-corrected chi connectivity index (χ0v) is 11.2. The number of rotatable bonds is 3. The van der Waals surface area contributed by atoms with Gasteiger partial charge >= 0.3 is 0 Å². The summed E-state index contributed by atoms with van der Waals surface area (Å²) < 4.78 is 13.2. The maximum Gasteiger partial charge on any atom is 0.246 e. The van der Waals surface area contributed by atoms with Gasteiger partial charge in [0.05, 0.1) is 6.04 Å². The molecule has 0 radical (unpaired) electrons. The third-order valence-corrected chi connectivity index (χ3v) is 3.34. The molecule has 2 amide bonds. The van der Waals surface area contributed by atoms with Crippen molar-refractivity contribution < 1.29 is 14.0 Å². The van der Waals surface area contributed by atoms with Gasteiger partial charge in [-0.15, -0.1) is 0 Å². The minimum Gasteiger partial charge on any atom is -0.302 e. The lowest BCUT2D eigenvalue weighted by atomic mass is 10.0. The van der Waals surface area contributed by atoms with Crippen LogP contribution in [-0.4, -0.2) is 29.8 Å². The Morgan fingerprint density at radius 1 is 1.42 bits per heavy atom. The van der Waals surface area contributed by atoms with Gasteiger partial charge in [-0.3, -0.25) is 14.5 Å². The number of nitrogens with zero attached hydrogens (tertiary/aromatic N) is 1. The second kappa shape index (κ2) is 5.67. The van der Waals surface area contributed by atoms with Crippen LogP contribution in [-0.2, 0) is 16.1 Å².